The molecule has 294 valence electrons. The molecule has 0 fully saturated rings. The first-order chi connectivity index (χ1) is 31.2. The van der Waals surface area contributed by atoms with Gasteiger partial charge in [0.15, 0.2) is 17.5 Å². The molecule has 0 unspecified atom stereocenters. The molecule has 4 aromatic heterocycles. The lowest BCUT2D eigenvalue weighted by Gasteiger charge is -2.12. The van der Waals surface area contributed by atoms with E-state index in [2.05, 4.69) is 205 Å². The van der Waals surface area contributed by atoms with Crippen molar-refractivity contribution in [2.75, 3.05) is 0 Å². The average molecular weight is 823 g/mol. The van der Waals surface area contributed by atoms with Gasteiger partial charge < -0.3 is 8.98 Å². The lowest BCUT2D eigenvalue weighted by Crippen LogP contribution is -2.00. The Morgan fingerprint density at radius 3 is 1.65 bits per heavy atom. The summed E-state index contributed by atoms with van der Waals surface area (Å²) in [6.07, 6.45) is 0. The quantitative estimate of drug-likeness (QED) is 0.168. The van der Waals surface area contributed by atoms with E-state index in [0.717, 1.165) is 77.6 Å². The third-order valence-electron chi connectivity index (χ3n) is 12.3. The predicted molar refractivity (Wildman–Crippen MR) is 262 cm³/mol. The van der Waals surface area contributed by atoms with E-state index in [4.69, 9.17) is 19.4 Å². The fourth-order valence-corrected chi connectivity index (χ4v) is 10.5. The van der Waals surface area contributed by atoms with Crippen LogP contribution in [0, 0.1) is 0 Å². The van der Waals surface area contributed by atoms with Gasteiger partial charge in [0.05, 0.1) is 22.1 Å². The standard InChI is InChI=1S/C57H34N4OS/c1-3-14-35(15-4-1)36-26-28-38(29-27-36)55-58-56(60-57(59-55)40-32-45(37-16-5-2-6-17-37)53-44-20-9-12-25-51(44)63-52(53)34-40)39-30-31-43-50(33-39)62-49-24-13-23-48(54(43)49)61-46-21-10-7-18-41(46)42-19-8-11-22-47(42)61/h1-34H. The van der Waals surface area contributed by atoms with Crippen LogP contribution < -0.4 is 0 Å². The lowest BCUT2D eigenvalue weighted by molar-refractivity contribution is 0.669. The Balaban J connectivity index is 1.01. The number of aromatic nitrogens is 4. The molecule has 4 heterocycles. The van der Waals surface area contributed by atoms with E-state index in [1.165, 1.54) is 30.9 Å². The summed E-state index contributed by atoms with van der Waals surface area (Å²) in [7, 11) is 0. The van der Waals surface area contributed by atoms with Gasteiger partial charge in [0.25, 0.3) is 0 Å². The molecule has 6 heteroatoms. The third kappa shape index (κ3) is 5.80. The summed E-state index contributed by atoms with van der Waals surface area (Å²) in [5.74, 6) is 1.78. The molecule has 0 N–H and O–H groups in total. The fourth-order valence-electron chi connectivity index (χ4n) is 9.35. The smallest absolute Gasteiger partial charge is 0.164 e. The van der Waals surface area contributed by atoms with E-state index in [1.807, 2.05) is 6.07 Å². The molecule has 9 aromatic carbocycles. The van der Waals surface area contributed by atoms with Gasteiger partial charge in [-0.05, 0) is 76.9 Å². The van der Waals surface area contributed by atoms with Crippen LogP contribution in [-0.2, 0) is 0 Å². The van der Waals surface area contributed by atoms with Gasteiger partial charge in [-0.3, -0.25) is 0 Å². The van der Waals surface area contributed by atoms with Crippen molar-refractivity contribution in [2.24, 2.45) is 0 Å². The number of nitrogens with zero attached hydrogens (tertiary/aromatic N) is 4. The first-order valence-electron chi connectivity index (χ1n) is 21.1. The largest absolute Gasteiger partial charge is 0.456 e. The van der Waals surface area contributed by atoms with Crippen LogP contribution >= 0.6 is 11.3 Å². The maximum atomic E-state index is 6.72. The molecular formula is C57H34N4OS. The highest BCUT2D eigenvalue weighted by Gasteiger charge is 2.21. The van der Waals surface area contributed by atoms with Crippen molar-refractivity contribution >= 4 is 75.3 Å². The summed E-state index contributed by atoms with van der Waals surface area (Å²) < 4.78 is 11.5. The second-order valence-electron chi connectivity index (χ2n) is 15.9. The van der Waals surface area contributed by atoms with Crippen LogP contribution in [0.5, 0.6) is 0 Å². The first-order valence-corrected chi connectivity index (χ1v) is 21.9. The highest BCUT2D eigenvalue weighted by molar-refractivity contribution is 7.26. The van der Waals surface area contributed by atoms with Crippen LogP contribution in [0.15, 0.2) is 211 Å². The number of fused-ring (bicyclic) bond motifs is 9. The number of rotatable bonds is 6. The van der Waals surface area contributed by atoms with Crippen LogP contribution in [0.3, 0.4) is 0 Å². The molecule has 0 aliphatic heterocycles. The molecule has 13 aromatic rings. The highest BCUT2D eigenvalue weighted by atomic mass is 32.1. The van der Waals surface area contributed by atoms with Crippen molar-refractivity contribution in [3.05, 3.63) is 206 Å². The van der Waals surface area contributed by atoms with Gasteiger partial charge in [0.1, 0.15) is 11.2 Å². The zero-order valence-electron chi connectivity index (χ0n) is 33.7. The van der Waals surface area contributed by atoms with E-state index in [1.54, 1.807) is 11.3 Å². The summed E-state index contributed by atoms with van der Waals surface area (Å²) in [6.45, 7) is 0. The minimum atomic E-state index is 0.574. The first kappa shape index (κ1) is 35.6. The van der Waals surface area contributed by atoms with Gasteiger partial charge >= 0.3 is 0 Å². The Kier molecular flexibility index (Phi) is 8.01. The number of hydrogen-bond acceptors (Lipinski definition) is 5. The Hall–Kier alpha value is -8.19. The van der Waals surface area contributed by atoms with Gasteiger partial charge in [-0.1, -0.05) is 152 Å². The molecule has 0 aliphatic carbocycles. The minimum Gasteiger partial charge on any atom is -0.456 e. The highest BCUT2D eigenvalue weighted by Crippen LogP contribution is 2.44. The van der Waals surface area contributed by atoms with Crippen molar-refractivity contribution in [3.8, 4) is 62.1 Å². The number of hydrogen-bond donors (Lipinski definition) is 0. The molecule has 0 spiro atoms. The van der Waals surface area contributed by atoms with E-state index in [-0.39, 0.29) is 0 Å². The Labute approximate surface area is 365 Å². The molecule has 0 amide bonds. The predicted octanol–water partition coefficient (Wildman–Crippen LogP) is 15.6. The van der Waals surface area contributed by atoms with Crippen molar-refractivity contribution in [1.29, 1.82) is 0 Å². The van der Waals surface area contributed by atoms with Gasteiger partial charge in [-0.2, -0.15) is 0 Å². The van der Waals surface area contributed by atoms with Crippen LogP contribution in [0.25, 0.3) is 126 Å². The number of benzene rings is 9. The average Bonchev–Trinajstić information content (AvgIpc) is 4.04. The minimum absolute atomic E-state index is 0.574. The van der Waals surface area contributed by atoms with Gasteiger partial charge in [0, 0.05) is 53.0 Å². The van der Waals surface area contributed by atoms with Gasteiger partial charge in [0.2, 0.25) is 0 Å². The Morgan fingerprint density at radius 2 is 0.921 bits per heavy atom. The SMILES string of the molecule is c1ccc(-c2ccc(-c3nc(-c4ccc5c(c4)oc4cccc(-n6c7ccccc7c7ccccc76)c45)nc(-c4cc(-c5ccccc5)c5c(c4)sc4ccccc45)n3)cc2)cc1. The number of furan rings is 1. The number of para-hydroxylation sites is 2. The summed E-state index contributed by atoms with van der Waals surface area (Å²) in [5, 5.41) is 7.02. The molecular weight excluding hydrogens is 789 g/mol. The fraction of sp³-hybridized carbons (Fsp3) is 0. The van der Waals surface area contributed by atoms with Crippen molar-refractivity contribution in [1.82, 2.24) is 19.5 Å². The van der Waals surface area contributed by atoms with Gasteiger partial charge in [-0.25, -0.2) is 15.0 Å². The van der Waals surface area contributed by atoms with E-state index in [0.29, 0.717) is 17.5 Å². The van der Waals surface area contributed by atoms with Crippen LogP contribution in [0.2, 0.25) is 0 Å². The lowest BCUT2D eigenvalue weighted by atomic mass is 9.97. The molecule has 0 saturated carbocycles. The van der Waals surface area contributed by atoms with E-state index >= 15 is 0 Å². The second-order valence-corrected chi connectivity index (χ2v) is 17.0. The topological polar surface area (TPSA) is 56.7 Å². The molecule has 0 aliphatic rings. The maximum Gasteiger partial charge on any atom is 0.164 e. The van der Waals surface area contributed by atoms with Crippen LogP contribution in [0.4, 0.5) is 0 Å². The number of thiophene rings is 1. The molecule has 0 saturated heterocycles. The maximum absolute atomic E-state index is 6.72. The molecule has 13 rings (SSSR count). The molecule has 0 radical (unpaired) electrons. The molecule has 0 bridgehead atoms. The molecule has 63 heavy (non-hydrogen) atoms. The molecule has 0 atom stereocenters. The Morgan fingerprint density at radius 1 is 0.349 bits per heavy atom. The van der Waals surface area contributed by atoms with Crippen LogP contribution in [0.1, 0.15) is 0 Å². The summed E-state index contributed by atoms with van der Waals surface area (Å²) in [6, 6.07) is 72.6. The van der Waals surface area contributed by atoms with E-state index in [9.17, 15) is 0 Å². The van der Waals surface area contributed by atoms with Crippen molar-refractivity contribution in [3.63, 3.8) is 0 Å². The Bertz CT molecular complexity index is 3850. The normalized spacial score (nSPS) is 11.8. The third-order valence-corrected chi connectivity index (χ3v) is 13.4. The monoisotopic (exact) mass is 822 g/mol. The van der Waals surface area contributed by atoms with Gasteiger partial charge in [-0.15, -0.1) is 11.3 Å². The zero-order valence-corrected chi connectivity index (χ0v) is 34.6. The summed E-state index contributed by atoms with van der Waals surface area (Å²) in [5.41, 5.74) is 12.2. The van der Waals surface area contributed by atoms with Crippen molar-refractivity contribution < 1.29 is 4.42 Å². The summed E-state index contributed by atoms with van der Waals surface area (Å²) >= 11 is 1.80. The second kappa shape index (κ2) is 14.2. The van der Waals surface area contributed by atoms with Crippen LogP contribution in [-0.4, -0.2) is 19.5 Å². The summed E-state index contributed by atoms with van der Waals surface area (Å²) in [4.78, 5) is 15.7. The van der Waals surface area contributed by atoms with Crippen molar-refractivity contribution in [2.45, 2.75) is 0 Å². The van der Waals surface area contributed by atoms with E-state index < -0.39 is 0 Å². The zero-order chi connectivity index (χ0) is 41.4. The molecule has 5 nitrogen and oxygen atoms in total.